The van der Waals surface area contributed by atoms with Gasteiger partial charge in [0.05, 0.1) is 11.0 Å². The molecule has 3 rings (SSSR count). The first-order chi connectivity index (χ1) is 11.0. The molecule has 1 N–H and O–H groups in total. The Kier molecular flexibility index (Phi) is 4.79. The molecule has 126 valence electrons. The first-order valence-corrected chi connectivity index (χ1v) is 8.90. The van der Waals surface area contributed by atoms with Gasteiger partial charge in [0.2, 0.25) is 0 Å². The molecule has 1 atom stereocenters. The molecule has 0 bridgehead atoms. The number of nitrogens with zero attached hydrogens (tertiary/aromatic N) is 4. The van der Waals surface area contributed by atoms with Crippen molar-refractivity contribution in [2.24, 2.45) is 0 Å². The number of aryl methyl sites for hydroxylation is 1. The Bertz CT molecular complexity index is 658. The first-order valence-electron chi connectivity index (χ1n) is 8.08. The van der Waals surface area contributed by atoms with Crippen LogP contribution in [0.1, 0.15) is 61.2 Å². The first kappa shape index (κ1) is 16.5. The molecular weight excluding hydrogens is 310 g/mol. The van der Waals surface area contributed by atoms with Crippen molar-refractivity contribution >= 4 is 11.3 Å². The van der Waals surface area contributed by atoms with Crippen LogP contribution in [0.25, 0.3) is 0 Å². The second kappa shape index (κ2) is 6.67. The van der Waals surface area contributed by atoms with Crippen LogP contribution in [0.15, 0.2) is 6.20 Å². The van der Waals surface area contributed by atoms with Gasteiger partial charge < -0.3 is 10.1 Å². The second-order valence-electron chi connectivity index (χ2n) is 7.00. The van der Waals surface area contributed by atoms with Crippen LogP contribution in [0.5, 0.6) is 0 Å². The molecule has 2 aromatic heterocycles. The van der Waals surface area contributed by atoms with Gasteiger partial charge in [0.15, 0.2) is 5.82 Å². The van der Waals surface area contributed by atoms with E-state index in [1.807, 2.05) is 10.9 Å². The van der Waals surface area contributed by atoms with Gasteiger partial charge in [-0.3, -0.25) is 0 Å². The molecule has 3 heterocycles. The molecule has 1 unspecified atom stereocenters. The highest BCUT2D eigenvalue weighted by atomic mass is 32.1. The minimum absolute atomic E-state index is 0.114. The van der Waals surface area contributed by atoms with Gasteiger partial charge in [0, 0.05) is 36.7 Å². The lowest BCUT2D eigenvalue weighted by Crippen LogP contribution is -2.28. The van der Waals surface area contributed by atoms with Crippen molar-refractivity contribution in [3.8, 4) is 0 Å². The van der Waals surface area contributed by atoms with E-state index in [1.54, 1.807) is 18.4 Å². The van der Waals surface area contributed by atoms with Crippen molar-refractivity contribution < 1.29 is 4.74 Å². The van der Waals surface area contributed by atoms with Gasteiger partial charge in [-0.1, -0.05) is 20.8 Å². The van der Waals surface area contributed by atoms with Crippen LogP contribution in [-0.2, 0) is 29.8 Å². The lowest BCUT2D eigenvalue weighted by molar-refractivity contribution is 0.177. The van der Waals surface area contributed by atoms with Crippen LogP contribution in [-0.4, -0.2) is 26.9 Å². The van der Waals surface area contributed by atoms with E-state index in [4.69, 9.17) is 4.74 Å². The number of ether oxygens (including phenoxy) is 1. The Labute approximate surface area is 141 Å². The smallest absolute Gasteiger partial charge is 0.176 e. The molecule has 23 heavy (non-hydrogen) atoms. The molecule has 0 aliphatic carbocycles. The summed E-state index contributed by atoms with van der Waals surface area (Å²) < 4.78 is 7.16. The van der Waals surface area contributed by atoms with Gasteiger partial charge >= 0.3 is 0 Å². The van der Waals surface area contributed by atoms with Gasteiger partial charge in [0.25, 0.3) is 0 Å². The van der Waals surface area contributed by atoms with E-state index in [0.29, 0.717) is 6.61 Å². The predicted octanol–water partition coefficient (Wildman–Crippen LogP) is 2.80. The van der Waals surface area contributed by atoms with Gasteiger partial charge in [-0.15, -0.1) is 11.3 Å². The number of hydrogen-bond acceptors (Lipinski definition) is 6. The van der Waals surface area contributed by atoms with Crippen LogP contribution in [0.4, 0.5) is 0 Å². The number of nitrogens with one attached hydrogen (secondary N) is 1. The Hall–Kier alpha value is -1.31. The van der Waals surface area contributed by atoms with Gasteiger partial charge in [-0.2, -0.15) is 5.10 Å². The van der Waals surface area contributed by atoms with E-state index < -0.39 is 0 Å². The number of rotatable bonds is 5. The lowest BCUT2D eigenvalue weighted by Gasteiger charge is -2.22. The largest absolute Gasteiger partial charge is 0.377 e. The van der Waals surface area contributed by atoms with Crippen LogP contribution in [0.3, 0.4) is 0 Å². The minimum atomic E-state index is 0.114. The fraction of sp³-hybridized carbons (Fsp3) is 0.688. The molecule has 0 aromatic carbocycles. The van der Waals surface area contributed by atoms with Crippen molar-refractivity contribution in [1.29, 1.82) is 0 Å². The Morgan fingerprint density at radius 1 is 1.43 bits per heavy atom. The second-order valence-corrected chi connectivity index (χ2v) is 8.12. The molecular formula is C16H25N5OS. The van der Waals surface area contributed by atoms with Gasteiger partial charge in [-0.05, 0) is 12.8 Å². The standard InChI is InChI=1S/C16H25N5OS/c1-16(2,3)15-18-9-11(23-15)8-17-12-6-5-7-21-14(12)19-13(20-21)10-22-4/h9,12,17H,5-8,10H2,1-4H3. The Balaban J connectivity index is 1.66. The highest BCUT2D eigenvalue weighted by molar-refractivity contribution is 7.11. The zero-order valence-corrected chi connectivity index (χ0v) is 15.1. The highest BCUT2D eigenvalue weighted by Gasteiger charge is 2.24. The molecule has 1 aliphatic rings. The molecule has 0 fully saturated rings. The summed E-state index contributed by atoms with van der Waals surface area (Å²) in [5.74, 6) is 1.80. The fourth-order valence-corrected chi connectivity index (χ4v) is 3.66. The molecule has 0 radical (unpaired) electrons. The van der Waals surface area contributed by atoms with Gasteiger partial charge in [0.1, 0.15) is 12.4 Å². The summed E-state index contributed by atoms with van der Waals surface area (Å²) in [5.41, 5.74) is 0.114. The summed E-state index contributed by atoms with van der Waals surface area (Å²) in [6.07, 6.45) is 4.20. The summed E-state index contributed by atoms with van der Waals surface area (Å²) in [7, 11) is 1.67. The fourth-order valence-electron chi connectivity index (χ4n) is 2.74. The third-order valence-electron chi connectivity index (χ3n) is 3.91. The van der Waals surface area contributed by atoms with E-state index in [9.17, 15) is 0 Å². The lowest BCUT2D eigenvalue weighted by atomic mass is 9.98. The summed E-state index contributed by atoms with van der Waals surface area (Å²) in [6.45, 7) is 8.83. The third-order valence-corrected chi connectivity index (χ3v) is 5.33. The van der Waals surface area contributed by atoms with E-state index in [0.717, 1.165) is 37.6 Å². The molecule has 0 spiro atoms. The maximum atomic E-state index is 5.14. The number of fused-ring (bicyclic) bond motifs is 1. The number of methoxy groups -OCH3 is 1. The molecule has 0 saturated carbocycles. The molecule has 0 amide bonds. The molecule has 7 heteroatoms. The number of hydrogen-bond donors (Lipinski definition) is 1. The summed E-state index contributed by atoms with van der Waals surface area (Å²) >= 11 is 1.79. The molecule has 2 aromatic rings. The van der Waals surface area contributed by atoms with Crippen LogP contribution in [0, 0.1) is 0 Å². The van der Waals surface area contributed by atoms with Gasteiger partial charge in [-0.25, -0.2) is 14.6 Å². The molecule has 6 nitrogen and oxygen atoms in total. The Morgan fingerprint density at radius 2 is 2.26 bits per heavy atom. The highest BCUT2D eigenvalue weighted by Crippen LogP contribution is 2.28. The zero-order chi connectivity index (χ0) is 16.4. The maximum absolute atomic E-state index is 5.14. The number of aromatic nitrogens is 4. The quantitative estimate of drug-likeness (QED) is 0.910. The zero-order valence-electron chi connectivity index (χ0n) is 14.3. The van der Waals surface area contributed by atoms with Crippen LogP contribution >= 0.6 is 11.3 Å². The average molecular weight is 335 g/mol. The SMILES string of the molecule is COCc1nc2n(n1)CCCC2NCc1cnc(C(C)(C)C)s1. The number of thiazole rings is 1. The van der Waals surface area contributed by atoms with E-state index in [2.05, 4.69) is 41.2 Å². The Morgan fingerprint density at radius 3 is 2.96 bits per heavy atom. The molecule has 0 saturated heterocycles. The maximum Gasteiger partial charge on any atom is 0.176 e. The summed E-state index contributed by atoms with van der Waals surface area (Å²) in [6, 6.07) is 0.252. The van der Waals surface area contributed by atoms with Crippen LogP contribution in [0.2, 0.25) is 0 Å². The predicted molar refractivity (Wildman–Crippen MR) is 90.4 cm³/mol. The van der Waals surface area contributed by atoms with Crippen LogP contribution < -0.4 is 5.32 Å². The van der Waals surface area contributed by atoms with Crippen molar-refractivity contribution in [3.63, 3.8) is 0 Å². The average Bonchev–Trinajstić information content (AvgIpc) is 3.11. The summed E-state index contributed by atoms with van der Waals surface area (Å²) in [5, 5.41) is 9.32. The van der Waals surface area contributed by atoms with Crippen molar-refractivity contribution in [2.75, 3.05) is 7.11 Å². The monoisotopic (exact) mass is 335 g/mol. The third kappa shape index (κ3) is 3.79. The van der Waals surface area contributed by atoms with Crippen molar-refractivity contribution in [1.82, 2.24) is 25.1 Å². The van der Waals surface area contributed by atoms with E-state index >= 15 is 0 Å². The van der Waals surface area contributed by atoms with Crippen molar-refractivity contribution in [2.45, 2.75) is 64.8 Å². The topological polar surface area (TPSA) is 64.9 Å². The van der Waals surface area contributed by atoms with E-state index in [1.165, 1.54) is 9.88 Å². The minimum Gasteiger partial charge on any atom is -0.377 e. The molecule has 1 aliphatic heterocycles. The van der Waals surface area contributed by atoms with Crippen molar-refractivity contribution in [3.05, 3.63) is 27.7 Å². The van der Waals surface area contributed by atoms with E-state index in [-0.39, 0.29) is 11.5 Å². The summed E-state index contributed by atoms with van der Waals surface area (Å²) in [4.78, 5) is 10.5. The normalized spacial score (nSPS) is 18.2.